The summed E-state index contributed by atoms with van der Waals surface area (Å²) in [6, 6.07) is 5.75. The molecule has 1 unspecified atom stereocenters. The second kappa shape index (κ2) is 6.76. The van der Waals surface area contributed by atoms with Gasteiger partial charge in [0.25, 0.3) is 0 Å². The molecule has 0 aliphatic heterocycles. The molecule has 0 radical (unpaired) electrons. The first-order valence-electron chi connectivity index (χ1n) is 6.23. The van der Waals surface area contributed by atoms with Crippen molar-refractivity contribution in [3.63, 3.8) is 0 Å². The number of hydrogen-bond donors (Lipinski definition) is 2. The van der Waals surface area contributed by atoms with Crippen LogP contribution in [0, 0.1) is 0 Å². The molecule has 1 atom stereocenters. The molecule has 0 saturated heterocycles. The number of rotatable bonds is 5. The minimum Gasteiger partial charge on any atom is -0.330 e. The van der Waals surface area contributed by atoms with Gasteiger partial charge >= 0.3 is 0 Å². The summed E-state index contributed by atoms with van der Waals surface area (Å²) in [6.07, 6.45) is 0.992. The summed E-state index contributed by atoms with van der Waals surface area (Å²) in [4.78, 5) is 0. The number of nitrogens with one attached hydrogen (secondary N) is 1. The van der Waals surface area contributed by atoms with Crippen molar-refractivity contribution in [3.05, 3.63) is 33.8 Å². The molecule has 0 aliphatic carbocycles. The van der Waals surface area contributed by atoms with Crippen molar-refractivity contribution in [1.82, 2.24) is 5.32 Å². The van der Waals surface area contributed by atoms with Crippen LogP contribution in [0.5, 0.6) is 0 Å². The van der Waals surface area contributed by atoms with Crippen LogP contribution in [0.4, 0.5) is 0 Å². The van der Waals surface area contributed by atoms with Gasteiger partial charge in [-0.3, -0.25) is 0 Å². The number of nitrogens with two attached hydrogens (primary N) is 1. The Hall–Kier alpha value is -0.280. The standard InChI is InChI=1S/C14H22Cl2N2/c1-14(2,3)18-7-6-11(9-17)10-4-5-12(15)13(16)8-10/h4-5,8,11,18H,6-7,9,17H2,1-3H3. The van der Waals surface area contributed by atoms with E-state index in [2.05, 4.69) is 26.1 Å². The van der Waals surface area contributed by atoms with Crippen LogP contribution >= 0.6 is 23.2 Å². The highest BCUT2D eigenvalue weighted by molar-refractivity contribution is 6.42. The fourth-order valence-electron chi connectivity index (χ4n) is 1.81. The zero-order valence-electron chi connectivity index (χ0n) is 11.3. The van der Waals surface area contributed by atoms with Crippen molar-refractivity contribution in [2.24, 2.45) is 5.73 Å². The Kier molecular flexibility index (Phi) is 5.93. The lowest BCUT2D eigenvalue weighted by molar-refractivity contribution is 0.411. The predicted octanol–water partition coefficient (Wildman–Crippen LogP) is 3.81. The first-order chi connectivity index (χ1) is 8.33. The molecule has 0 aliphatic rings. The molecule has 0 amide bonds. The monoisotopic (exact) mass is 288 g/mol. The van der Waals surface area contributed by atoms with Crippen molar-refractivity contribution >= 4 is 23.2 Å². The Labute approximate surface area is 120 Å². The van der Waals surface area contributed by atoms with E-state index in [9.17, 15) is 0 Å². The molecule has 102 valence electrons. The first kappa shape index (κ1) is 15.8. The summed E-state index contributed by atoms with van der Waals surface area (Å²) in [5, 5.41) is 4.65. The minimum absolute atomic E-state index is 0.136. The SMILES string of the molecule is CC(C)(C)NCCC(CN)c1ccc(Cl)c(Cl)c1. The van der Waals surface area contributed by atoms with Crippen LogP contribution in [-0.4, -0.2) is 18.6 Å². The van der Waals surface area contributed by atoms with Gasteiger partial charge in [0.2, 0.25) is 0 Å². The zero-order chi connectivity index (χ0) is 13.8. The first-order valence-corrected chi connectivity index (χ1v) is 6.99. The van der Waals surface area contributed by atoms with Crippen LogP contribution in [0.1, 0.15) is 38.7 Å². The smallest absolute Gasteiger partial charge is 0.0595 e. The molecule has 3 N–H and O–H groups in total. The van der Waals surface area contributed by atoms with Gasteiger partial charge in [-0.25, -0.2) is 0 Å². The lowest BCUT2D eigenvalue weighted by Crippen LogP contribution is -2.37. The van der Waals surface area contributed by atoms with E-state index >= 15 is 0 Å². The third kappa shape index (κ3) is 5.15. The van der Waals surface area contributed by atoms with E-state index in [1.807, 2.05) is 18.2 Å². The fourth-order valence-corrected chi connectivity index (χ4v) is 2.11. The Balaban J connectivity index is 2.63. The molecule has 1 rings (SSSR count). The predicted molar refractivity (Wildman–Crippen MR) is 80.6 cm³/mol. The second-order valence-corrected chi connectivity index (χ2v) is 6.39. The second-order valence-electron chi connectivity index (χ2n) is 5.57. The van der Waals surface area contributed by atoms with E-state index in [0.29, 0.717) is 22.5 Å². The number of hydrogen-bond acceptors (Lipinski definition) is 2. The highest BCUT2D eigenvalue weighted by Gasteiger charge is 2.13. The quantitative estimate of drug-likeness (QED) is 0.865. The van der Waals surface area contributed by atoms with Gasteiger partial charge in [0.1, 0.15) is 0 Å². The Morgan fingerprint density at radius 3 is 2.39 bits per heavy atom. The molecule has 0 spiro atoms. The average Bonchev–Trinajstić information content (AvgIpc) is 2.27. The van der Waals surface area contributed by atoms with Gasteiger partial charge in [-0.2, -0.15) is 0 Å². The summed E-state index contributed by atoms with van der Waals surface area (Å²) in [7, 11) is 0. The minimum atomic E-state index is 0.136. The van der Waals surface area contributed by atoms with Gasteiger partial charge in [0.15, 0.2) is 0 Å². The van der Waals surface area contributed by atoms with Crippen molar-refractivity contribution < 1.29 is 0 Å². The van der Waals surface area contributed by atoms with Crippen molar-refractivity contribution in [2.75, 3.05) is 13.1 Å². The molecule has 0 fully saturated rings. The summed E-state index contributed by atoms with van der Waals surface area (Å²) in [5.41, 5.74) is 7.13. The van der Waals surface area contributed by atoms with Gasteiger partial charge in [0, 0.05) is 5.54 Å². The molecular formula is C14H22Cl2N2. The molecule has 0 aromatic heterocycles. The molecule has 0 bridgehead atoms. The topological polar surface area (TPSA) is 38.0 Å². The zero-order valence-corrected chi connectivity index (χ0v) is 12.8. The van der Waals surface area contributed by atoms with Gasteiger partial charge in [-0.1, -0.05) is 29.3 Å². The summed E-state index contributed by atoms with van der Waals surface area (Å²) < 4.78 is 0. The van der Waals surface area contributed by atoms with E-state index in [-0.39, 0.29) is 5.54 Å². The summed E-state index contributed by atoms with van der Waals surface area (Å²) in [5.74, 6) is 0.314. The van der Waals surface area contributed by atoms with Crippen molar-refractivity contribution in [3.8, 4) is 0 Å². The van der Waals surface area contributed by atoms with E-state index in [1.165, 1.54) is 0 Å². The van der Waals surface area contributed by atoms with Crippen LogP contribution in [-0.2, 0) is 0 Å². The maximum Gasteiger partial charge on any atom is 0.0595 e. The van der Waals surface area contributed by atoms with Crippen LogP contribution in [0.15, 0.2) is 18.2 Å². The molecular weight excluding hydrogens is 267 g/mol. The van der Waals surface area contributed by atoms with Crippen molar-refractivity contribution in [1.29, 1.82) is 0 Å². The highest BCUT2D eigenvalue weighted by Crippen LogP contribution is 2.27. The maximum atomic E-state index is 6.03. The lowest BCUT2D eigenvalue weighted by Gasteiger charge is -2.23. The van der Waals surface area contributed by atoms with E-state index in [4.69, 9.17) is 28.9 Å². The van der Waals surface area contributed by atoms with Crippen LogP contribution < -0.4 is 11.1 Å². The lowest BCUT2D eigenvalue weighted by atomic mass is 9.95. The molecule has 18 heavy (non-hydrogen) atoms. The van der Waals surface area contributed by atoms with Crippen LogP contribution in [0.3, 0.4) is 0 Å². The van der Waals surface area contributed by atoms with Gasteiger partial charge in [-0.05, 0) is 63.9 Å². The normalized spacial score (nSPS) is 13.7. The Bertz CT molecular complexity index is 386. The Morgan fingerprint density at radius 1 is 1.22 bits per heavy atom. The fraction of sp³-hybridized carbons (Fsp3) is 0.571. The molecule has 1 aromatic carbocycles. The van der Waals surface area contributed by atoms with Gasteiger partial charge in [-0.15, -0.1) is 0 Å². The number of benzene rings is 1. The molecule has 2 nitrogen and oxygen atoms in total. The third-order valence-electron chi connectivity index (χ3n) is 2.85. The van der Waals surface area contributed by atoms with Crippen LogP contribution in [0.25, 0.3) is 0 Å². The van der Waals surface area contributed by atoms with Crippen LogP contribution in [0.2, 0.25) is 10.0 Å². The van der Waals surface area contributed by atoms with Gasteiger partial charge in [0.05, 0.1) is 10.0 Å². The van der Waals surface area contributed by atoms with E-state index in [0.717, 1.165) is 18.5 Å². The third-order valence-corrected chi connectivity index (χ3v) is 3.59. The molecule has 4 heteroatoms. The van der Waals surface area contributed by atoms with E-state index < -0.39 is 0 Å². The van der Waals surface area contributed by atoms with E-state index in [1.54, 1.807) is 0 Å². The largest absolute Gasteiger partial charge is 0.330 e. The number of halogens is 2. The van der Waals surface area contributed by atoms with Gasteiger partial charge < -0.3 is 11.1 Å². The summed E-state index contributed by atoms with van der Waals surface area (Å²) >= 11 is 12.0. The maximum absolute atomic E-state index is 6.03. The molecule has 0 saturated carbocycles. The average molecular weight is 289 g/mol. The van der Waals surface area contributed by atoms with Crippen molar-refractivity contribution in [2.45, 2.75) is 38.6 Å². The molecule has 1 aromatic rings. The highest BCUT2D eigenvalue weighted by atomic mass is 35.5. The summed E-state index contributed by atoms with van der Waals surface area (Å²) in [6.45, 7) is 8.02. The Morgan fingerprint density at radius 2 is 1.89 bits per heavy atom. The molecule has 0 heterocycles.